The molecule has 0 bridgehead atoms. The van der Waals surface area contributed by atoms with Crippen LogP contribution in [0.25, 0.3) is 5.69 Å². The molecule has 0 spiro atoms. The Morgan fingerprint density at radius 2 is 1.74 bits per heavy atom. The summed E-state index contributed by atoms with van der Waals surface area (Å²) in [6, 6.07) is 19.2. The highest BCUT2D eigenvalue weighted by Crippen LogP contribution is 2.27. The van der Waals surface area contributed by atoms with Crippen LogP contribution in [0.5, 0.6) is 0 Å². The number of benzene rings is 2. The van der Waals surface area contributed by atoms with Crippen LogP contribution in [0.2, 0.25) is 0 Å². The molecule has 3 aromatic rings. The monoisotopic (exact) mass is 463 g/mol. The van der Waals surface area contributed by atoms with Gasteiger partial charge in [-0.2, -0.15) is 4.68 Å². The Hall–Kier alpha value is -2.68. The highest BCUT2D eigenvalue weighted by atomic mass is 35.5. The van der Waals surface area contributed by atoms with Crippen molar-refractivity contribution in [1.29, 1.82) is 0 Å². The number of para-hydroxylation sites is 1. The number of rotatable bonds is 6. The lowest BCUT2D eigenvalue weighted by molar-refractivity contribution is -0.131. The molecule has 8 nitrogen and oxygen atoms in total. The first-order valence-electron chi connectivity index (χ1n) is 9.87. The van der Waals surface area contributed by atoms with Gasteiger partial charge < -0.3 is 16.0 Å². The van der Waals surface area contributed by atoms with Crippen molar-refractivity contribution in [1.82, 2.24) is 25.1 Å². The van der Waals surface area contributed by atoms with Crippen molar-refractivity contribution in [3.05, 3.63) is 66.2 Å². The van der Waals surface area contributed by atoms with E-state index in [2.05, 4.69) is 33.0 Å². The highest BCUT2D eigenvalue weighted by molar-refractivity contribution is 5.86. The van der Waals surface area contributed by atoms with Gasteiger partial charge in [0.2, 0.25) is 11.9 Å². The lowest BCUT2D eigenvalue weighted by Gasteiger charge is -2.23. The Balaban J connectivity index is 0.00000171. The molecule has 4 rings (SSSR count). The fraction of sp³-hybridized carbons (Fsp3) is 0.333. The van der Waals surface area contributed by atoms with Crippen molar-refractivity contribution in [3.8, 4) is 5.69 Å². The lowest BCUT2D eigenvalue weighted by Crippen LogP contribution is -2.43. The Labute approximate surface area is 194 Å². The number of carbonyl (C=O) groups is 1. The predicted octanol–water partition coefficient (Wildman–Crippen LogP) is 2.65. The molecule has 1 aromatic heterocycles. The SMILES string of the molecule is CCC(Nc1nnnn1-c1ccccc1)C(=O)N1C[C@@H](N)[C@H](c2ccccc2)C1.Cl.Cl. The van der Waals surface area contributed by atoms with Crippen LogP contribution in [0, 0.1) is 0 Å². The third-order valence-electron chi connectivity index (χ3n) is 5.38. The minimum atomic E-state index is -0.426. The summed E-state index contributed by atoms with van der Waals surface area (Å²) in [6.45, 7) is 3.13. The number of nitrogens with two attached hydrogens (primary N) is 1. The summed E-state index contributed by atoms with van der Waals surface area (Å²) >= 11 is 0. The first kappa shape index (κ1) is 24.6. The summed E-state index contributed by atoms with van der Waals surface area (Å²) in [4.78, 5) is 15.1. The first-order chi connectivity index (χ1) is 14.2. The van der Waals surface area contributed by atoms with Gasteiger partial charge in [-0.1, -0.05) is 60.6 Å². The Kier molecular flexibility index (Phi) is 8.79. The van der Waals surface area contributed by atoms with Crippen molar-refractivity contribution in [2.45, 2.75) is 31.3 Å². The first-order valence-corrected chi connectivity index (χ1v) is 9.87. The average Bonchev–Trinajstić information content (AvgIpc) is 3.39. The van der Waals surface area contributed by atoms with Crippen LogP contribution in [-0.4, -0.2) is 56.2 Å². The lowest BCUT2D eigenvalue weighted by atomic mass is 9.95. The van der Waals surface area contributed by atoms with Crippen LogP contribution >= 0.6 is 24.8 Å². The molecule has 1 aliphatic rings. The van der Waals surface area contributed by atoms with E-state index in [1.54, 1.807) is 4.68 Å². The van der Waals surface area contributed by atoms with E-state index < -0.39 is 6.04 Å². The molecular formula is C21H27Cl2N7O. The van der Waals surface area contributed by atoms with Gasteiger partial charge in [0.25, 0.3) is 0 Å². The normalized spacial score (nSPS) is 18.6. The molecule has 2 heterocycles. The van der Waals surface area contributed by atoms with Crippen LogP contribution in [0.1, 0.15) is 24.8 Å². The zero-order chi connectivity index (χ0) is 20.2. The van der Waals surface area contributed by atoms with Crippen molar-refractivity contribution in [2.24, 2.45) is 5.73 Å². The number of anilines is 1. The number of aromatic nitrogens is 4. The maximum atomic E-state index is 13.2. The minimum Gasteiger partial charge on any atom is -0.341 e. The number of nitrogens with one attached hydrogen (secondary N) is 1. The van der Waals surface area contributed by atoms with Crippen LogP contribution in [-0.2, 0) is 4.79 Å². The van der Waals surface area contributed by atoms with Crippen molar-refractivity contribution in [3.63, 3.8) is 0 Å². The van der Waals surface area contributed by atoms with Gasteiger partial charge in [-0.15, -0.1) is 24.8 Å². The molecule has 3 N–H and O–H groups in total. The van der Waals surface area contributed by atoms with Gasteiger partial charge in [-0.25, -0.2) is 0 Å². The van der Waals surface area contributed by atoms with Gasteiger partial charge in [-0.3, -0.25) is 4.79 Å². The molecule has 10 heteroatoms. The van der Waals surface area contributed by atoms with Gasteiger partial charge >= 0.3 is 0 Å². The molecule has 166 valence electrons. The Morgan fingerprint density at radius 1 is 1.10 bits per heavy atom. The maximum Gasteiger partial charge on any atom is 0.248 e. The maximum absolute atomic E-state index is 13.2. The highest BCUT2D eigenvalue weighted by Gasteiger charge is 2.36. The minimum absolute atomic E-state index is 0. The molecule has 0 radical (unpaired) electrons. The molecule has 1 saturated heterocycles. The summed E-state index contributed by atoms with van der Waals surface area (Å²) in [7, 11) is 0. The second kappa shape index (κ2) is 11.1. The zero-order valence-electron chi connectivity index (χ0n) is 17.2. The van der Waals surface area contributed by atoms with E-state index in [1.807, 2.05) is 60.4 Å². The van der Waals surface area contributed by atoms with E-state index >= 15 is 0 Å². The van der Waals surface area contributed by atoms with Crippen molar-refractivity contribution >= 4 is 36.7 Å². The van der Waals surface area contributed by atoms with Crippen molar-refractivity contribution < 1.29 is 4.79 Å². The summed E-state index contributed by atoms with van der Waals surface area (Å²) < 4.78 is 1.60. The van der Waals surface area contributed by atoms with Crippen LogP contribution in [0.15, 0.2) is 60.7 Å². The van der Waals surface area contributed by atoms with Gasteiger partial charge in [0, 0.05) is 25.0 Å². The third-order valence-corrected chi connectivity index (χ3v) is 5.38. The van der Waals surface area contributed by atoms with Crippen LogP contribution < -0.4 is 11.1 Å². The van der Waals surface area contributed by atoms with Crippen LogP contribution in [0.3, 0.4) is 0 Å². The molecule has 3 atom stereocenters. The standard InChI is InChI=1S/C21H25N7O.2ClH/c1-2-19(23-21-24-25-26-28(21)16-11-7-4-8-12-16)20(29)27-13-17(18(22)14-27)15-9-5-3-6-10-15;;/h3-12,17-19H,2,13-14,22H2,1H3,(H,23,24,26);2*1H/t17-,18+,19?;;/m0../s1. The molecule has 2 aromatic carbocycles. The number of hydrogen-bond donors (Lipinski definition) is 2. The van der Waals surface area contributed by atoms with Gasteiger partial charge in [0.1, 0.15) is 6.04 Å². The number of nitrogens with zero attached hydrogens (tertiary/aromatic N) is 5. The number of amides is 1. The summed E-state index contributed by atoms with van der Waals surface area (Å²) in [5.41, 5.74) is 8.37. The number of hydrogen-bond acceptors (Lipinski definition) is 6. The number of likely N-dealkylation sites (tertiary alicyclic amines) is 1. The quantitative estimate of drug-likeness (QED) is 0.582. The molecule has 0 saturated carbocycles. The summed E-state index contributed by atoms with van der Waals surface area (Å²) in [5.74, 6) is 0.607. The number of halogens is 2. The molecule has 0 aliphatic carbocycles. The van der Waals surface area contributed by atoms with Gasteiger partial charge in [0.05, 0.1) is 5.69 Å². The largest absolute Gasteiger partial charge is 0.341 e. The second-order valence-corrected chi connectivity index (χ2v) is 7.28. The predicted molar refractivity (Wildman–Crippen MR) is 125 cm³/mol. The van der Waals surface area contributed by atoms with Crippen molar-refractivity contribution in [2.75, 3.05) is 18.4 Å². The number of carbonyl (C=O) groups excluding carboxylic acids is 1. The van der Waals surface area contributed by atoms with E-state index in [0.29, 0.717) is 25.5 Å². The van der Waals surface area contributed by atoms with E-state index in [1.165, 1.54) is 5.56 Å². The fourth-order valence-electron chi connectivity index (χ4n) is 3.80. The topological polar surface area (TPSA) is 102 Å². The van der Waals surface area contributed by atoms with Gasteiger partial charge in [-0.05, 0) is 34.5 Å². The zero-order valence-corrected chi connectivity index (χ0v) is 18.8. The number of tetrazole rings is 1. The average molecular weight is 464 g/mol. The molecule has 1 amide bonds. The smallest absolute Gasteiger partial charge is 0.248 e. The summed E-state index contributed by atoms with van der Waals surface area (Å²) in [5, 5.41) is 15.1. The summed E-state index contributed by atoms with van der Waals surface area (Å²) in [6.07, 6.45) is 0.613. The van der Waals surface area contributed by atoms with Gasteiger partial charge in [0.15, 0.2) is 0 Å². The third kappa shape index (κ3) is 5.33. The molecule has 31 heavy (non-hydrogen) atoms. The van der Waals surface area contributed by atoms with Crippen LogP contribution in [0.4, 0.5) is 5.95 Å². The fourth-order valence-corrected chi connectivity index (χ4v) is 3.80. The molecular weight excluding hydrogens is 437 g/mol. The Bertz CT molecular complexity index is 955. The Morgan fingerprint density at radius 3 is 2.39 bits per heavy atom. The second-order valence-electron chi connectivity index (χ2n) is 7.28. The van der Waals surface area contributed by atoms with E-state index in [9.17, 15) is 4.79 Å². The van der Waals surface area contributed by atoms with E-state index in [-0.39, 0.29) is 42.7 Å². The molecule has 1 fully saturated rings. The van der Waals surface area contributed by atoms with E-state index in [0.717, 1.165) is 5.69 Å². The molecule has 1 unspecified atom stereocenters. The van der Waals surface area contributed by atoms with E-state index in [4.69, 9.17) is 5.73 Å². The molecule has 1 aliphatic heterocycles.